The van der Waals surface area contributed by atoms with Gasteiger partial charge in [-0.05, 0) is 137 Å². The summed E-state index contributed by atoms with van der Waals surface area (Å²) in [6.07, 6.45) is 10.8. The summed E-state index contributed by atoms with van der Waals surface area (Å²) in [7, 11) is 0. The SMILES string of the molecule is CC(=O)OCC(=O)[C@@]12CN(C(=O)c3ccc(CC4CC5(NC(=O)OC(C)(C)C)CC4C5)cc3)C[C@@H]1C[C@H]1[C@@H]3CCC4=CC(=O)C=C[C@]4(C)[C@H]3[C@@H](O)C[C@@]12C. The molecule has 1 saturated heterocycles. The van der Waals surface area contributed by atoms with Gasteiger partial charge in [0.15, 0.2) is 18.2 Å². The number of nitrogens with zero attached hydrogens (tertiary/aromatic N) is 1. The molecule has 1 aromatic carbocycles. The normalized spacial score (nSPS) is 40.1. The second kappa shape index (κ2) is 12.6. The summed E-state index contributed by atoms with van der Waals surface area (Å²) >= 11 is 0. The lowest BCUT2D eigenvalue weighted by molar-refractivity contribution is -0.164. The van der Waals surface area contributed by atoms with Gasteiger partial charge in [-0.15, -0.1) is 0 Å². The number of hydrogen-bond donors (Lipinski definition) is 2. The van der Waals surface area contributed by atoms with E-state index in [1.807, 2.05) is 56.0 Å². The molecule has 8 aliphatic rings. The molecule has 1 heterocycles. The molecule has 0 radical (unpaired) electrons. The van der Waals surface area contributed by atoms with Gasteiger partial charge in [0.05, 0.1) is 11.5 Å². The average molecular weight is 741 g/mol. The van der Waals surface area contributed by atoms with E-state index >= 15 is 0 Å². The summed E-state index contributed by atoms with van der Waals surface area (Å²) < 4.78 is 10.9. The summed E-state index contributed by atoms with van der Waals surface area (Å²) in [4.78, 5) is 67.3. The van der Waals surface area contributed by atoms with E-state index in [9.17, 15) is 29.1 Å². The van der Waals surface area contributed by atoms with Crippen LogP contribution in [0.15, 0.2) is 48.1 Å². The first-order valence-electron chi connectivity index (χ1n) is 20.0. The Hall–Kier alpha value is -3.79. The van der Waals surface area contributed by atoms with Crippen molar-refractivity contribution < 1.29 is 38.6 Å². The molecule has 10 heteroatoms. The Bertz CT molecular complexity index is 1840. The van der Waals surface area contributed by atoms with Crippen LogP contribution in [0.4, 0.5) is 4.79 Å². The first-order valence-corrected chi connectivity index (χ1v) is 20.0. The van der Waals surface area contributed by atoms with Crippen molar-refractivity contribution in [1.82, 2.24) is 10.2 Å². The maximum atomic E-state index is 14.5. The number of alkyl carbamates (subject to hydrolysis) is 1. The number of allylic oxidation sites excluding steroid dienone is 4. The van der Waals surface area contributed by atoms with Crippen LogP contribution in [0, 0.1) is 51.8 Å². The van der Waals surface area contributed by atoms with Crippen LogP contribution in [0.3, 0.4) is 0 Å². The van der Waals surface area contributed by atoms with Crippen LogP contribution in [0.25, 0.3) is 0 Å². The van der Waals surface area contributed by atoms with Gasteiger partial charge < -0.3 is 24.8 Å². The van der Waals surface area contributed by atoms with Crippen molar-refractivity contribution in [1.29, 1.82) is 0 Å². The third-order valence-electron chi connectivity index (χ3n) is 15.3. The summed E-state index contributed by atoms with van der Waals surface area (Å²) in [5, 5.41) is 15.2. The van der Waals surface area contributed by atoms with Gasteiger partial charge in [0, 0.05) is 42.4 Å². The number of aliphatic hydroxyl groups is 1. The minimum atomic E-state index is -0.962. The number of carbonyl (C=O) groups excluding carboxylic acids is 5. The van der Waals surface area contributed by atoms with E-state index in [-0.39, 0.29) is 65.9 Å². The van der Waals surface area contributed by atoms with Crippen molar-refractivity contribution >= 4 is 29.5 Å². The molecule has 290 valence electrons. The molecular weight excluding hydrogens is 684 g/mol. The number of aliphatic hydroxyl groups excluding tert-OH is 1. The van der Waals surface area contributed by atoms with E-state index in [1.54, 1.807) is 12.2 Å². The molecule has 0 spiro atoms. The lowest BCUT2D eigenvalue weighted by atomic mass is 9.44. The molecule has 9 atom stereocenters. The Labute approximate surface area is 318 Å². The minimum absolute atomic E-state index is 0.00583. The first kappa shape index (κ1) is 37.1. The number of ketones is 2. The summed E-state index contributed by atoms with van der Waals surface area (Å²) in [5.41, 5.74) is 0.0919. The Morgan fingerprint density at radius 1 is 1.04 bits per heavy atom. The van der Waals surface area contributed by atoms with Crippen LogP contribution >= 0.6 is 0 Å². The summed E-state index contributed by atoms with van der Waals surface area (Å²) in [6, 6.07) is 7.85. The average Bonchev–Trinajstić information content (AvgIpc) is 3.78. The molecule has 0 aromatic heterocycles. The van der Waals surface area contributed by atoms with Crippen molar-refractivity contribution in [2.24, 2.45) is 51.8 Å². The van der Waals surface area contributed by atoms with Crippen molar-refractivity contribution in [2.45, 2.75) is 110 Å². The molecule has 2 bridgehead atoms. The van der Waals surface area contributed by atoms with Gasteiger partial charge in [0.2, 0.25) is 0 Å². The molecular formula is C44H56N2O8. The fourth-order valence-corrected chi connectivity index (χ4v) is 13.1. The number of Topliss-reactive ketones (excluding diaryl/α,β-unsaturated/α-hetero) is 1. The van der Waals surface area contributed by atoms with Gasteiger partial charge in [-0.2, -0.15) is 0 Å². The maximum absolute atomic E-state index is 14.5. The second-order valence-electron chi connectivity index (χ2n) is 19.4. The highest BCUT2D eigenvalue weighted by Crippen LogP contribution is 2.72. The molecule has 7 fully saturated rings. The summed E-state index contributed by atoms with van der Waals surface area (Å²) in [6.45, 7) is 11.5. The van der Waals surface area contributed by atoms with Gasteiger partial charge in [-0.1, -0.05) is 37.6 Å². The van der Waals surface area contributed by atoms with Gasteiger partial charge in [0.1, 0.15) is 5.60 Å². The second-order valence-corrected chi connectivity index (χ2v) is 19.4. The van der Waals surface area contributed by atoms with Crippen LogP contribution in [0.5, 0.6) is 0 Å². The van der Waals surface area contributed by atoms with E-state index in [0.29, 0.717) is 30.4 Å². The Kier molecular flexibility index (Phi) is 8.68. The van der Waals surface area contributed by atoms with Gasteiger partial charge in [-0.25, -0.2) is 4.79 Å². The lowest BCUT2D eigenvalue weighted by Gasteiger charge is -2.60. The zero-order valence-electron chi connectivity index (χ0n) is 32.6. The summed E-state index contributed by atoms with van der Waals surface area (Å²) in [5.74, 6) is 0.282. The van der Waals surface area contributed by atoms with Gasteiger partial charge in [0.25, 0.3) is 5.91 Å². The molecule has 2 N–H and O–H groups in total. The highest BCUT2D eigenvalue weighted by atomic mass is 16.6. The Balaban J connectivity index is 0.987. The Morgan fingerprint density at radius 3 is 2.44 bits per heavy atom. The van der Waals surface area contributed by atoms with E-state index in [0.717, 1.165) is 56.1 Å². The molecule has 1 unspecified atom stereocenters. The van der Waals surface area contributed by atoms with Crippen LogP contribution in [0.1, 0.15) is 102 Å². The number of likely N-dealkylation sites (tertiary alicyclic amines) is 1. The molecule has 2 amide bonds. The highest BCUT2D eigenvalue weighted by molar-refractivity contribution is 6.01. The van der Waals surface area contributed by atoms with Crippen molar-refractivity contribution in [3.8, 4) is 0 Å². The van der Waals surface area contributed by atoms with E-state index in [2.05, 4.69) is 19.2 Å². The number of carbonyl (C=O) groups is 5. The van der Waals surface area contributed by atoms with Crippen molar-refractivity contribution in [2.75, 3.05) is 19.7 Å². The van der Waals surface area contributed by atoms with Crippen LogP contribution in [0.2, 0.25) is 0 Å². The van der Waals surface area contributed by atoms with E-state index in [1.165, 1.54) is 6.92 Å². The standard InChI is InChI=1S/C44H56N2O8/c1-25(47)53-23-36(50)44-24-46(22-31(44)17-34-33-12-11-30-16-32(48)13-14-41(30,5)37(33)35(49)21-42(34,44)6)38(51)27-9-7-26(8-10-27)15-28-18-43(19-29(28)20-43)45-39(52)54-40(2,3)4/h7-10,13-14,16,28-29,31,33-35,37,49H,11-12,15,17-24H2,1-6H3,(H,45,52)/t28?,29?,31-,33-,34-,35-,37+,41-,42-,43?,44+/m0/s1. The smallest absolute Gasteiger partial charge is 0.408 e. The topological polar surface area (TPSA) is 139 Å². The van der Waals surface area contributed by atoms with E-state index in [4.69, 9.17) is 9.47 Å². The van der Waals surface area contributed by atoms with E-state index < -0.39 is 33.9 Å². The van der Waals surface area contributed by atoms with Crippen LogP contribution < -0.4 is 5.32 Å². The van der Waals surface area contributed by atoms with Gasteiger partial charge in [-0.3, -0.25) is 19.2 Å². The lowest BCUT2D eigenvalue weighted by Crippen LogP contribution is -2.60. The number of esters is 1. The van der Waals surface area contributed by atoms with Crippen molar-refractivity contribution in [3.05, 3.63) is 59.2 Å². The predicted molar refractivity (Wildman–Crippen MR) is 200 cm³/mol. The third kappa shape index (κ3) is 5.79. The molecule has 1 aromatic rings. The van der Waals surface area contributed by atoms with Crippen molar-refractivity contribution in [3.63, 3.8) is 0 Å². The molecule has 9 rings (SSSR count). The fourth-order valence-electron chi connectivity index (χ4n) is 13.1. The molecule has 7 aliphatic carbocycles. The number of nitrogens with one attached hydrogen (secondary N) is 1. The quantitative estimate of drug-likeness (QED) is 0.325. The molecule has 6 saturated carbocycles. The number of hydrogen-bond acceptors (Lipinski definition) is 8. The number of rotatable bonds is 7. The monoisotopic (exact) mass is 740 g/mol. The Morgan fingerprint density at radius 2 is 1.76 bits per heavy atom. The number of benzene rings is 1. The number of ether oxygens (including phenoxy) is 2. The number of amides is 2. The molecule has 10 nitrogen and oxygen atoms in total. The van der Waals surface area contributed by atoms with Crippen LogP contribution in [-0.4, -0.2) is 76.5 Å². The predicted octanol–water partition coefficient (Wildman–Crippen LogP) is 6.00. The van der Waals surface area contributed by atoms with Gasteiger partial charge >= 0.3 is 12.1 Å². The molecule has 54 heavy (non-hydrogen) atoms. The third-order valence-corrected chi connectivity index (χ3v) is 15.3. The zero-order chi connectivity index (χ0) is 38.6. The maximum Gasteiger partial charge on any atom is 0.408 e. The van der Waals surface area contributed by atoms with Crippen LogP contribution in [-0.2, 0) is 30.3 Å². The minimum Gasteiger partial charge on any atom is -0.458 e. The molecule has 1 aliphatic heterocycles. The number of fused-ring (bicyclic) bond motifs is 8. The zero-order valence-corrected chi connectivity index (χ0v) is 32.6. The fraction of sp³-hybridized carbons (Fsp3) is 0.659. The first-order chi connectivity index (χ1) is 25.4. The highest BCUT2D eigenvalue weighted by Gasteiger charge is 2.74. The largest absolute Gasteiger partial charge is 0.458 e.